The van der Waals surface area contributed by atoms with Crippen LogP contribution in [0.4, 0.5) is 5.69 Å². The maximum Gasteiger partial charge on any atom is 0.258 e. The van der Waals surface area contributed by atoms with E-state index in [1.807, 2.05) is 24.3 Å². The van der Waals surface area contributed by atoms with Crippen LogP contribution in [0.5, 0.6) is 5.75 Å². The lowest BCUT2D eigenvalue weighted by Gasteiger charge is -2.31. The Morgan fingerprint density at radius 1 is 1.09 bits per heavy atom. The number of carbonyl (C=O) groups excluding carboxylic acids is 3. The first-order valence-electron chi connectivity index (χ1n) is 11.9. The monoisotopic (exact) mass is 498 g/mol. The second-order valence-electron chi connectivity index (χ2n) is 9.16. The topological polar surface area (TPSA) is 105 Å². The third-order valence-electron chi connectivity index (χ3n) is 6.74. The molecule has 2 saturated heterocycles. The van der Waals surface area contributed by atoms with E-state index < -0.39 is 6.04 Å². The average Bonchev–Trinajstić information content (AvgIpc) is 3.35. The largest absolute Gasteiger partial charge is 0.496 e. The highest BCUT2D eigenvalue weighted by Crippen LogP contribution is 2.28. The minimum atomic E-state index is -0.565. The molecule has 0 radical (unpaired) electrons. The van der Waals surface area contributed by atoms with E-state index >= 15 is 0 Å². The van der Waals surface area contributed by atoms with Crippen LogP contribution >= 0.6 is 11.6 Å². The van der Waals surface area contributed by atoms with Crippen LogP contribution in [0.15, 0.2) is 42.5 Å². The van der Waals surface area contributed by atoms with Gasteiger partial charge in [0.05, 0.1) is 18.6 Å². The molecular weight excluding hydrogens is 468 g/mol. The van der Waals surface area contributed by atoms with Gasteiger partial charge in [-0.15, -0.1) is 0 Å². The van der Waals surface area contributed by atoms with Crippen molar-refractivity contribution in [3.63, 3.8) is 0 Å². The van der Waals surface area contributed by atoms with Crippen molar-refractivity contribution in [1.29, 1.82) is 0 Å². The van der Waals surface area contributed by atoms with E-state index in [0.717, 1.165) is 37.9 Å². The van der Waals surface area contributed by atoms with E-state index in [-0.39, 0.29) is 23.6 Å². The van der Waals surface area contributed by atoms with Gasteiger partial charge in [-0.3, -0.25) is 19.3 Å². The molecule has 2 aliphatic heterocycles. The maximum atomic E-state index is 13.2. The lowest BCUT2D eigenvalue weighted by atomic mass is 9.97. The zero-order valence-corrected chi connectivity index (χ0v) is 20.6. The number of piperidine rings is 1. The second-order valence-corrected chi connectivity index (χ2v) is 9.60. The molecule has 186 valence electrons. The highest BCUT2D eigenvalue weighted by atomic mass is 35.5. The Morgan fingerprint density at radius 2 is 1.83 bits per heavy atom. The molecule has 0 aliphatic carbocycles. The third-order valence-corrected chi connectivity index (χ3v) is 6.98. The summed E-state index contributed by atoms with van der Waals surface area (Å²) in [5.74, 6) is -0.387. The van der Waals surface area contributed by atoms with Crippen LogP contribution in [0.25, 0.3) is 0 Å². The number of carbonyl (C=O) groups is 3. The number of halogens is 1. The molecular formula is C26H31ClN4O4. The molecule has 2 atom stereocenters. The summed E-state index contributed by atoms with van der Waals surface area (Å²) in [6, 6.07) is 12.0. The highest BCUT2D eigenvalue weighted by molar-refractivity contribution is 6.31. The van der Waals surface area contributed by atoms with Gasteiger partial charge in [-0.2, -0.15) is 0 Å². The van der Waals surface area contributed by atoms with Gasteiger partial charge in [-0.25, -0.2) is 0 Å². The number of anilines is 1. The molecule has 8 nitrogen and oxygen atoms in total. The highest BCUT2D eigenvalue weighted by Gasteiger charge is 2.35. The molecule has 35 heavy (non-hydrogen) atoms. The van der Waals surface area contributed by atoms with Crippen molar-refractivity contribution in [2.75, 3.05) is 32.1 Å². The quantitative estimate of drug-likeness (QED) is 0.609. The summed E-state index contributed by atoms with van der Waals surface area (Å²) in [5, 5.41) is 3.38. The Kier molecular flexibility index (Phi) is 7.93. The molecule has 4 rings (SSSR count). The van der Waals surface area contributed by atoms with E-state index in [9.17, 15) is 14.4 Å². The Morgan fingerprint density at radius 3 is 2.54 bits per heavy atom. The SMILES string of the molecule is COc1ccc(Cl)cc1C(=O)N1CCC[C@@H]1C(=O)Nc1ccc(CN2CCC[C@H](C(N)=O)C2)cc1. The van der Waals surface area contributed by atoms with Crippen LogP contribution in [0.1, 0.15) is 41.6 Å². The van der Waals surface area contributed by atoms with Gasteiger partial charge in [0.25, 0.3) is 5.91 Å². The molecule has 2 aromatic rings. The summed E-state index contributed by atoms with van der Waals surface area (Å²) in [5.41, 5.74) is 7.60. The number of hydrogen-bond donors (Lipinski definition) is 2. The Labute approximate surface area is 210 Å². The van der Waals surface area contributed by atoms with Crippen LogP contribution in [-0.2, 0) is 16.1 Å². The summed E-state index contributed by atoms with van der Waals surface area (Å²) < 4.78 is 5.32. The molecule has 0 saturated carbocycles. The molecule has 2 aliphatic rings. The number of nitrogens with two attached hydrogens (primary N) is 1. The first-order chi connectivity index (χ1) is 16.9. The molecule has 0 spiro atoms. The number of ether oxygens (including phenoxy) is 1. The predicted molar refractivity (Wildman–Crippen MR) is 134 cm³/mol. The molecule has 0 bridgehead atoms. The van der Waals surface area contributed by atoms with Crippen molar-refractivity contribution < 1.29 is 19.1 Å². The fourth-order valence-corrected chi connectivity index (χ4v) is 5.07. The van der Waals surface area contributed by atoms with Crippen molar-refractivity contribution in [3.8, 4) is 5.75 Å². The van der Waals surface area contributed by atoms with E-state index in [0.29, 0.717) is 41.5 Å². The molecule has 3 N–H and O–H groups in total. The number of nitrogens with zero attached hydrogens (tertiary/aromatic N) is 2. The second kappa shape index (κ2) is 11.1. The summed E-state index contributed by atoms with van der Waals surface area (Å²) in [6.07, 6.45) is 3.14. The Bertz CT molecular complexity index is 1090. The van der Waals surface area contributed by atoms with Gasteiger partial charge in [0.1, 0.15) is 11.8 Å². The van der Waals surface area contributed by atoms with Gasteiger partial charge in [-0.05, 0) is 68.1 Å². The standard InChI is InChI=1S/C26H31ClN4O4/c1-35-23-11-8-19(27)14-21(23)26(34)31-13-3-5-22(31)25(33)29-20-9-6-17(7-10-20)15-30-12-2-4-18(16-30)24(28)32/h6-11,14,18,22H,2-5,12-13,15-16H2,1H3,(H2,28,32)(H,29,33)/t18-,22+/m0/s1. The average molecular weight is 499 g/mol. The number of nitrogens with one attached hydrogen (secondary N) is 1. The van der Waals surface area contributed by atoms with Crippen LogP contribution in [0, 0.1) is 5.92 Å². The predicted octanol–water partition coefficient (Wildman–Crippen LogP) is 3.29. The summed E-state index contributed by atoms with van der Waals surface area (Å²) in [7, 11) is 1.50. The van der Waals surface area contributed by atoms with Gasteiger partial charge < -0.3 is 20.7 Å². The van der Waals surface area contributed by atoms with Crippen molar-refractivity contribution in [2.24, 2.45) is 11.7 Å². The molecule has 0 unspecified atom stereocenters. The third kappa shape index (κ3) is 5.94. The Hall–Kier alpha value is -3.10. The molecule has 3 amide bonds. The molecule has 0 aromatic heterocycles. The fourth-order valence-electron chi connectivity index (χ4n) is 4.89. The number of methoxy groups -OCH3 is 1. The van der Waals surface area contributed by atoms with Gasteiger partial charge in [0.2, 0.25) is 11.8 Å². The van der Waals surface area contributed by atoms with Crippen molar-refractivity contribution in [3.05, 3.63) is 58.6 Å². The normalized spacial score (nSPS) is 20.5. The van der Waals surface area contributed by atoms with Gasteiger partial charge >= 0.3 is 0 Å². The number of hydrogen-bond acceptors (Lipinski definition) is 5. The lowest BCUT2D eigenvalue weighted by molar-refractivity contribution is -0.123. The van der Waals surface area contributed by atoms with E-state index in [1.165, 1.54) is 7.11 Å². The van der Waals surface area contributed by atoms with E-state index in [1.54, 1.807) is 23.1 Å². The van der Waals surface area contributed by atoms with Gasteiger partial charge in [0, 0.05) is 30.3 Å². The van der Waals surface area contributed by atoms with E-state index in [2.05, 4.69) is 10.2 Å². The van der Waals surface area contributed by atoms with Crippen LogP contribution in [-0.4, -0.2) is 60.3 Å². The lowest BCUT2D eigenvalue weighted by Crippen LogP contribution is -2.43. The van der Waals surface area contributed by atoms with Gasteiger partial charge in [-0.1, -0.05) is 23.7 Å². The van der Waals surface area contributed by atoms with Gasteiger partial charge in [0.15, 0.2) is 0 Å². The zero-order valence-electron chi connectivity index (χ0n) is 19.8. The summed E-state index contributed by atoms with van der Waals surface area (Å²) in [6.45, 7) is 2.83. The minimum Gasteiger partial charge on any atom is -0.496 e. The summed E-state index contributed by atoms with van der Waals surface area (Å²) >= 11 is 6.10. The number of amides is 3. The fraction of sp³-hybridized carbons (Fsp3) is 0.423. The zero-order chi connectivity index (χ0) is 24.9. The van der Waals surface area contributed by atoms with E-state index in [4.69, 9.17) is 22.1 Å². The number of benzene rings is 2. The number of primary amides is 1. The van der Waals surface area contributed by atoms with Crippen LogP contribution in [0.3, 0.4) is 0 Å². The van der Waals surface area contributed by atoms with Crippen molar-refractivity contribution in [2.45, 2.75) is 38.3 Å². The van der Waals surface area contributed by atoms with Crippen molar-refractivity contribution in [1.82, 2.24) is 9.80 Å². The molecule has 2 fully saturated rings. The maximum absolute atomic E-state index is 13.2. The van der Waals surface area contributed by atoms with Crippen LogP contribution < -0.4 is 15.8 Å². The first kappa shape index (κ1) is 25.0. The molecule has 2 aromatic carbocycles. The number of likely N-dealkylation sites (tertiary alicyclic amines) is 2. The first-order valence-corrected chi connectivity index (χ1v) is 12.3. The smallest absolute Gasteiger partial charge is 0.258 e. The molecule has 9 heteroatoms. The Balaban J connectivity index is 1.38. The minimum absolute atomic E-state index is 0.0914. The summed E-state index contributed by atoms with van der Waals surface area (Å²) in [4.78, 5) is 41.6. The number of rotatable bonds is 7. The van der Waals surface area contributed by atoms with Crippen molar-refractivity contribution >= 4 is 35.0 Å². The molecule has 2 heterocycles. The van der Waals surface area contributed by atoms with Crippen LogP contribution in [0.2, 0.25) is 5.02 Å².